The van der Waals surface area contributed by atoms with Crippen molar-refractivity contribution in [1.29, 1.82) is 0 Å². The molecule has 2 aliphatic rings. The fourth-order valence-electron chi connectivity index (χ4n) is 3.32. The second-order valence-corrected chi connectivity index (χ2v) is 7.41. The minimum absolute atomic E-state index is 0.0426. The van der Waals surface area contributed by atoms with Crippen molar-refractivity contribution >= 4 is 11.8 Å². The van der Waals surface area contributed by atoms with Crippen LogP contribution in [0.2, 0.25) is 0 Å². The average Bonchev–Trinajstić information content (AvgIpc) is 3.02. The van der Waals surface area contributed by atoms with Crippen LogP contribution in [-0.2, 0) is 9.59 Å². The molecule has 0 aromatic rings. The molecule has 0 aromatic heterocycles. The molecule has 3 atom stereocenters. The molecule has 2 fully saturated rings. The summed E-state index contributed by atoms with van der Waals surface area (Å²) in [6.45, 7) is 6.85. The van der Waals surface area contributed by atoms with Crippen LogP contribution in [0.5, 0.6) is 0 Å². The van der Waals surface area contributed by atoms with E-state index in [2.05, 4.69) is 5.32 Å². The zero-order valence-corrected chi connectivity index (χ0v) is 13.4. The van der Waals surface area contributed by atoms with E-state index in [1.807, 2.05) is 20.8 Å². The number of carbonyl (C=O) groups excluding carboxylic acids is 2. The highest BCUT2D eigenvalue weighted by Gasteiger charge is 2.38. The Hall–Kier alpha value is -1.10. The first-order valence-electron chi connectivity index (χ1n) is 8.07. The number of nitrogens with zero attached hydrogens (tertiary/aromatic N) is 1. The summed E-state index contributed by atoms with van der Waals surface area (Å²) in [4.78, 5) is 26.5. The van der Waals surface area contributed by atoms with Crippen molar-refractivity contribution in [3.63, 3.8) is 0 Å². The van der Waals surface area contributed by atoms with Crippen LogP contribution >= 0.6 is 0 Å². The number of rotatable bonds is 3. The van der Waals surface area contributed by atoms with Gasteiger partial charge in [0.1, 0.15) is 6.04 Å². The molecule has 2 rings (SSSR count). The number of hydrogen-bond acceptors (Lipinski definition) is 3. The van der Waals surface area contributed by atoms with E-state index in [1.54, 1.807) is 4.90 Å². The van der Waals surface area contributed by atoms with E-state index >= 15 is 0 Å². The highest BCUT2D eigenvalue weighted by atomic mass is 16.3. The predicted octanol–water partition coefficient (Wildman–Crippen LogP) is 1.30. The van der Waals surface area contributed by atoms with Crippen LogP contribution in [0.4, 0.5) is 0 Å². The summed E-state index contributed by atoms with van der Waals surface area (Å²) in [6, 6.07) is -0.338. The van der Waals surface area contributed by atoms with Crippen LogP contribution in [0.25, 0.3) is 0 Å². The summed E-state index contributed by atoms with van der Waals surface area (Å²) in [7, 11) is 0. The fraction of sp³-hybridized carbons (Fsp3) is 0.875. The molecule has 1 saturated heterocycles. The van der Waals surface area contributed by atoms with E-state index in [0.717, 1.165) is 32.1 Å². The summed E-state index contributed by atoms with van der Waals surface area (Å²) in [5, 5.41) is 12.7. The third kappa shape index (κ3) is 3.76. The summed E-state index contributed by atoms with van der Waals surface area (Å²) in [6.07, 6.45) is 4.16. The minimum atomic E-state index is -0.454. The van der Waals surface area contributed by atoms with E-state index in [4.69, 9.17) is 0 Å². The number of hydrogen-bond donors (Lipinski definition) is 2. The van der Waals surface area contributed by atoms with Crippen LogP contribution < -0.4 is 5.32 Å². The van der Waals surface area contributed by atoms with Gasteiger partial charge in [0.05, 0.1) is 6.10 Å². The van der Waals surface area contributed by atoms with Crippen molar-refractivity contribution in [3.05, 3.63) is 0 Å². The molecule has 0 aromatic carbocycles. The minimum Gasteiger partial charge on any atom is -0.393 e. The molecule has 3 unspecified atom stereocenters. The molecule has 1 heterocycles. The van der Waals surface area contributed by atoms with E-state index in [-0.39, 0.29) is 29.9 Å². The van der Waals surface area contributed by atoms with Crippen LogP contribution in [0, 0.1) is 11.3 Å². The molecule has 0 bridgehead atoms. The molecule has 5 heteroatoms. The van der Waals surface area contributed by atoms with E-state index in [1.165, 1.54) is 0 Å². The monoisotopic (exact) mass is 296 g/mol. The van der Waals surface area contributed by atoms with E-state index < -0.39 is 5.41 Å². The molecule has 1 aliphatic heterocycles. The van der Waals surface area contributed by atoms with Crippen molar-refractivity contribution < 1.29 is 14.7 Å². The van der Waals surface area contributed by atoms with Crippen LogP contribution in [0.15, 0.2) is 0 Å². The SMILES string of the molecule is CC(C)(C)C(=O)N1CCCC1C(=O)NCC1CCCC1O. The number of amides is 2. The van der Waals surface area contributed by atoms with Gasteiger partial charge in [-0.1, -0.05) is 27.2 Å². The molecule has 2 N–H and O–H groups in total. The third-order valence-electron chi connectivity index (χ3n) is 4.62. The van der Waals surface area contributed by atoms with E-state index in [9.17, 15) is 14.7 Å². The zero-order chi connectivity index (χ0) is 15.6. The molecule has 2 amide bonds. The predicted molar refractivity (Wildman–Crippen MR) is 80.5 cm³/mol. The molecule has 1 saturated carbocycles. The van der Waals surface area contributed by atoms with Crippen molar-refractivity contribution in [2.45, 2.75) is 65.0 Å². The van der Waals surface area contributed by atoms with E-state index in [0.29, 0.717) is 13.1 Å². The maximum atomic E-state index is 12.4. The number of carbonyl (C=O) groups is 2. The van der Waals surface area contributed by atoms with Gasteiger partial charge in [-0.15, -0.1) is 0 Å². The first kappa shape index (κ1) is 16.3. The van der Waals surface area contributed by atoms with Gasteiger partial charge < -0.3 is 15.3 Å². The van der Waals surface area contributed by atoms with Gasteiger partial charge >= 0.3 is 0 Å². The zero-order valence-electron chi connectivity index (χ0n) is 13.4. The summed E-state index contributed by atoms with van der Waals surface area (Å²) in [5.74, 6) is 0.146. The molecule has 21 heavy (non-hydrogen) atoms. The normalized spacial score (nSPS) is 29.7. The van der Waals surface area contributed by atoms with Crippen LogP contribution in [0.3, 0.4) is 0 Å². The van der Waals surface area contributed by atoms with Gasteiger partial charge in [-0.3, -0.25) is 9.59 Å². The van der Waals surface area contributed by atoms with Gasteiger partial charge in [0, 0.05) is 24.4 Å². The number of nitrogens with one attached hydrogen (secondary N) is 1. The second kappa shape index (κ2) is 6.34. The topological polar surface area (TPSA) is 69.6 Å². The Labute approximate surface area is 127 Å². The largest absolute Gasteiger partial charge is 0.393 e. The quantitative estimate of drug-likeness (QED) is 0.825. The standard InChI is InChI=1S/C16H28N2O3/c1-16(2,3)15(21)18-9-5-7-12(18)14(20)17-10-11-6-4-8-13(11)19/h11-13,19H,4-10H2,1-3H3,(H,17,20). The van der Waals surface area contributed by atoms with Gasteiger partial charge in [0.25, 0.3) is 0 Å². The Kier molecular flexibility index (Phi) is 4.91. The molecule has 5 nitrogen and oxygen atoms in total. The summed E-state index contributed by atoms with van der Waals surface area (Å²) >= 11 is 0. The number of aliphatic hydroxyl groups is 1. The Balaban J connectivity index is 1.90. The lowest BCUT2D eigenvalue weighted by molar-refractivity contribution is -0.144. The first-order chi connectivity index (χ1) is 9.80. The molecular formula is C16H28N2O3. The fourth-order valence-corrected chi connectivity index (χ4v) is 3.32. The lowest BCUT2D eigenvalue weighted by atomic mass is 9.94. The molecule has 0 radical (unpaired) electrons. The van der Waals surface area contributed by atoms with Gasteiger partial charge in [-0.2, -0.15) is 0 Å². The highest BCUT2D eigenvalue weighted by Crippen LogP contribution is 2.27. The van der Waals surface area contributed by atoms with Gasteiger partial charge in [-0.25, -0.2) is 0 Å². The highest BCUT2D eigenvalue weighted by molar-refractivity contribution is 5.90. The number of likely N-dealkylation sites (tertiary alicyclic amines) is 1. The van der Waals surface area contributed by atoms with Gasteiger partial charge in [0.2, 0.25) is 11.8 Å². The lowest BCUT2D eigenvalue weighted by Crippen LogP contribution is -2.50. The molecular weight excluding hydrogens is 268 g/mol. The van der Waals surface area contributed by atoms with Crippen molar-refractivity contribution in [3.8, 4) is 0 Å². The van der Waals surface area contributed by atoms with Crippen LogP contribution in [-0.4, -0.2) is 47.1 Å². The maximum Gasteiger partial charge on any atom is 0.242 e. The lowest BCUT2D eigenvalue weighted by Gasteiger charge is -2.30. The number of aliphatic hydroxyl groups excluding tert-OH is 1. The molecule has 1 aliphatic carbocycles. The Morgan fingerprint density at radius 3 is 2.48 bits per heavy atom. The molecule has 120 valence electrons. The van der Waals surface area contributed by atoms with Crippen LogP contribution in [0.1, 0.15) is 52.9 Å². The smallest absolute Gasteiger partial charge is 0.242 e. The average molecular weight is 296 g/mol. The Morgan fingerprint density at radius 2 is 1.90 bits per heavy atom. The maximum absolute atomic E-state index is 12.4. The van der Waals surface area contributed by atoms with Crippen molar-refractivity contribution in [1.82, 2.24) is 10.2 Å². The Bertz CT molecular complexity index is 403. The van der Waals surface area contributed by atoms with Gasteiger partial charge in [-0.05, 0) is 25.7 Å². The van der Waals surface area contributed by atoms with Crippen molar-refractivity contribution in [2.75, 3.05) is 13.1 Å². The third-order valence-corrected chi connectivity index (χ3v) is 4.62. The second-order valence-electron chi connectivity index (χ2n) is 7.41. The Morgan fingerprint density at radius 1 is 1.19 bits per heavy atom. The first-order valence-corrected chi connectivity index (χ1v) is 8.07. The van der Waals surface area contributed by atoms with Gasteiger partial charge in [0.15, 0.2) is 0 Å². The summed E-state index contributed by atoms with van der Waals surface area (Å²) in [5.41, 5.74) is -0.454. The van der Waals surface area contributed by atoms with Crippen molar-refractivity contribution in [2.24, 2.45) is 11.3 Å². The summed E-state index contributed by atoms with van der Waals surface area (Å²) < 4.78 is 0. The molecule has 0 spiro atoms.